The molecule has 1 saturated heterocycles. The Morgan fingerprint density at radius 2 is 2.00 bits per heavy atom. The molecule has 3 rings (SSSR count). The predicted octanol–water partition coefficient (Wildman–Crippen LogP) is 2.73. The molecule has 6 heteroatoms. The number of anilines is 1. The summed E-state index contributed by atoms with van der Waals surface area (Å²) in [6.45, 7) is 4.12. The van der Waals surface area contributed by atoms with Crippen LogP contribution < -0.4 is 10.6 Å². The molecule has 5 nitrogen and oxygen atoms in total. The van der Waals surface area contributed by atoms with Crippen molar-refractivity contribution >= 4 is 29.3 Å². The van der Waals surface area contributed by atoms with Crippen molar-refractivity contribution in [1.82, 2.24) is 10.2 Å². The van der Waals surface area contributed by atoms with Gasteiger partial charge in [0.2, 0.25) is 5.91 Å². The van der Waals surface area contributed by atoms with Crippen LogP contribution >= 0.6 is 11.8 Å². The Bertz CT molecular complexity index is 598. The smallest absolute Gasteiger partial charge is 0.251 e. The van der Waals surface area contributed by atoms with Gasteiger partial charge < -0.3 is 15.5 Å². The second kappa shape index (κ2) is 8.53. The molecule has 2 aliphatic heterocycles. The van der Waals surface area contributed by atoms with Crippen LogP contribution in [0.25, 0.3) is 0 Å². The molecule has 24 heavy (non-hydrogen) atoms. The summed E-state index contributed by atoms with van der Waals surface area (Å²) in [5.74, 6) is 0.357. The summed E-state index contributed by atoms with van der Waals surface area (Å²) in [6, 6.07) is 5.50. The highest BCUT2D eigenvalue weighted by atomic mass is 32.2. The molecule has 1 fully saturated rings. The Labute approximate surface area is 147 Å². The van der Waals surface area contributed by atoms with Crippen molar-refractivity contribution in [3.8, 4) is 0 Å². The summed E-state index contributed by atoms with van der Waals surface area (Å²) >= 11 is 1.51. The van der Waals surface area contributed by atoms with E-state index in [4.69, 9.17) is 0 Å². The highest BCUT2D eigenvalue weighted by Crippen LogP contribution is 2.31. The molecule has 0 radical (unpaired) electrons. The maximum absolute atomic E-state index is 12.3. The Balaban J connectivity index is 1.45. The zero-order chi connectivity index (χ0) is 16.8. The van der Waals surface area contributed by atoms with Gasteiger partial charge in [-0.05, 0) is 57.1 Å². The summed E-state index contributed by atoms with van der Waals surface area (Å²) in [6.07, 6.45) is 6.26. The van der Waals surface area contributed by atoms with Gasteiger partial charge in [-0.2, -0.15) is 0 Å². The number of nitrogens with zero attached hydrogens (tertiary/aromatic N) is 1. The Morgan fingerprint density at radius 3 is 2.79 bits per heavy atom. The Kier molecular flexibility index (Phi) is 6.15. The fourth-order valence-electron chi connectivity index (χ4n) is 3.19. The van der Waals surface area contributed by atoms with E-state index >= 15 is 0 Å². The van der Waals surface area contributed by atoms with Crippen molar-refractivity contribution in [2.75, 3.05) is 37.2 Å². The fourth-order valence-corrected chi connectivity index (χ4v) is 3.98. The molecule has 0 bridgehead atoms. The van der Waals surface area contributed by atoms with E-state index in [1.807, 2.05) is 12.1 Å². The van der Waals surface area contributed by atoms with E-state index in [9.17, 15) is 9.59 Å². The molecular formula is C18H25N3O2S. The number of amides is 2. The first-order valence-electron chi connectivity index (χ1n) is 8.79. The minimum absolute atomic E-state index is 0.0116. The van der Waals surface area contributed by atoms with E-state index in [-0.39, 0.29) is 11.8 Å². The normalized spacial score (nSPS) is 18.4. The van der Waals surface area contributed by atoms with Crippen LogP contribution in [0.15, 0.2) is 23.1 Å². The second-order valence-corrected chi connectivity index (χ2v) is 7.43. The zero-order valence-corrected chi connectivity index (χ0v) is 14.8. The average molecular weight is 347 g/mol. The highest BCUT2D eigenvalue weighted by Gasteiger charge is 2.17. The second-order valence-electron chi connectivity index (χ2n) is 6.41. The number of thioether (sulfide) groups is 1. The lowest BCUT2D eigenvalue weighted by Crippen LogP contribution is -2.30. The van der Waals surface area contributed by atoms with Crippen molar-refractivity contribution in [1.29, 1.82) is 0 Å². The molecule has 130 valence electrons. The molecule has 0 aliphatic carbocycles. The van der Waals surface area contributed by atoms with E-state index in [1.54, 1.807) is 6.07 Å². The fraction of sp³-hybridized carbons (Fsp3) is 0.556. The summed E-state index contributed by atoms with van der Waals surface area (Å²) in [5.41, 5.74) is 1.35. The first-order valence-corrected chi connectivity index (χ1v) is 9.78. The summed E-state index contributed by atoms with van der Waals surface area (Å²) < 4.78 is 0. The van der Waals surface area contributed by atoms with E-state index < -0.39 is 0 Å². The van der Waals surface area contributed by atoms with Gasteiger partial charge in [0, 0.05) is 17.0 Å². The van der Waals surface area contributed by atoms with Gasteiger partial charge in [-0.25, -0.2) is 0 Å². The lowest BCUT2D eigenvalue weighted by Gasteiger charge is -2.19. The van der Waals surface area contributed by atoms with E-state index in [2.05, 4.69) is 15.5 Å². The minimum Gasteiger partial charge on any atom is -0.352 e. The van der Waals surface area contributed by atoms with Crippen LogP contribution in [-0.2, 0) is 4.79 Å². The summed E-state index contributed by atoms with van der Waals surface area (Å²) in [5, 5.41) is 5.81. The molecule has 1 aromatic rings. The maximum Gasteiger partial charge on any atom is 0.251 e. The minimum atomic E-state index is -0.0708. The van der Waals surface area contributed by atoms with E-state index in [1.165, 1.54) is 50.5 Å². The third-order valence-corrected chi connectivity index (χ3v) is 5.58. The summed E-state index contributed by atoms with van der Waals surface area (Å²) in [4.78, 5) is 27.3. The largest absolute Gasteiger partial charge is 0.352 e. The number of benzene rings is 1. The van der Waals surface area contributed by atoms with Crippen LogP contribution in [0.4, 0.5) is 5.69 Å². The Hall–Kier alpha value is -1.53. The monoisotopic (exact) mass is 347 g/mol. The van der Waals surface area contributed by atoms with Gasteiger partial charge in [0.15, 0.2) is 0 Å². The number of carbonyl (C=O) groups excluding carboxylic acids is 2. The number of nitrogens with one attached hydrogen (secondary N) is 2. The molecule has 0 aromatic heterocycles. The van der Waals surface area contributed by atoms with Gasteiger partial charge in [0.05, 0.1) is 11.4 Å². The lowest BCUT2D eigenvalue weighted by molar-refractivity contribution is -0.113. The first kappa shape index (κ1) is 17.3. The van der Waals surface area contributed by atoms with Crippen molar-refractivity contribution < 1.29 is 9.59 Å². The quantitative estimate of drug-likeness (QED) is 0.804. The van der Waals surface area contributed by atoms with Gasteiger partial charge >= 0.3 is 0 Å². The van der Waals surface area contributed by atoms with Crippen LogP contribution in [0.2, 0.25) is 0 Å². The van der Waals surface area contributed by atoms with Crippen LogP contribution in [0, 0.1) is 0 Å². The molecule has 0 spiro atoms. The number of likely N-dealkylation sites (tertiary alicyclic amines) is 1. The van der Waals surface area contributed by atoms with Gasteiger partial charge in [-0.15, -0.1) is 11.8 Å². The molecule has 2 aliphatic rings. The number of carbonyl (C=O) groups is 2. The van der Waals surface area contributed by atoms with Crippen molar-refractivity contribution in [2.45, 2.75) is 37.0 Å². The van der Waals surface area contributed by atoms with Gasteiger partial charge in [-0.3, -0.25) is 9.59 Å². The van der Waals surface area contributed by atoms with Crippen molar-refractivity contribution in [2.24, 2.45) is 0 Å². The lowest BCUT2D eigenvalue weighted by atomic mass is 10.2. The number of rotatable bonds is 5. The van der Waals surface area contributed by atoms with E-state index in [0.29, 0.717) is 17.9 Å². The third kappa shape index (κ3) is 4.74. The van der Waals surface area contributed by atoms with Crippen LogP contribution in [-0.4, -0.2) is 48.6 Å². The van der Waals surface area contributed by atoms with Crippen molar-refractivity contribution in [3.05, 3.63) is 23.8 Å². The Morgan fingerprint density at radius 1 is 1.21 bits per heavy atom. The zero-order valence-electron chi connectivity index (χ0n) is 14.0. The number of fused-ring (bicyclic) bond motifs is 1. The molecule has 2 N–H and O–H groups in total. The highest BCUT2D eigenvalue weighted by molar-refractivity contribution is 8.00. The molecule has 2 amide bonds. The standard InChI is InChI=1S/C18H25N3O2S/c22-17-13-24-16-7-6-14(12-15(16)20-17)18(23)19-8-5-11-21-9-3-1-2-4-10-21/h6-7,12H,1-5,8-11,13H2,(H,19,23)(H,20,22). The van der Waals surface area contributed by atoms with Gasteiger partial charge in [-0.1, -0.05) is 12.8 Å². The molecule has 0 unspecified atom stereocenters. The van der Waals surface area contributed by atoms with Crippen LogP contribution in [0.5, 0.6) is 0 Å². The summed E-state index contributed by atoms with van der Waals surface area (Å²) in [7, 11) is 0. The molecule has 1 aromatic carbocycles. The van der Waals surface area contributed by atoms with Gasteiger partial charge in [0.25, 0.3) is 5.91 Å². The molecule has 0 saturated carbocycles. The van der Waals surface area contributed by atoms with Gasteiger partial charge in [0.1, 0.15) is 0 Å². The molecular weight excluding hydrogens is 322 g/mol. The predicted molar refractivity (Wildman–Crippen MR) is 97.7 cm³/mol. The van der Waals surface area contributed by atoms with Crippen LogP contribution in [0.3, 0.4) is 0 Å². The molecule has 0 atom stereocenters. The topological polar surface area (TPSA) is 61.4 Å². The van der Waals surface area contributed by atoms with Crippen LogP contribution in [0.1, 0.15) is 42.5 Å². The van der Waals surface area contributed by atoms with Crippen molar-refractivity contribution in [3.63, 3.8) is 0 Å². The number of hydrogen-bond donors (Lipinski definition) is 2. The number of hydrogen-bond acceptors (Lipinski definition) is 4. The first-order chi connectivity index (χ1) is 11.7. The van der Waals surface area contributed by atoms with E-state index in [0.717, 1.165) is 23.5 Å². The maximum atomic E-state index is 12.3. The molecule has 2 heterocycles. The average Bonchev–Trinajstić information content (AvgIpc) is 2.86. The third-order valence-electron chi connectivity index (χ3n) is 4.51. The SMILES string of the molecule is O=C1CSc2ccc(C(=O)NCCCN3CCCCCC3)cc2N1.